The standard InChI is InChI=1S/C44H34N2/c1-4-41-45-39-19-11-12-20-40(39)46(41)30-24-21-28(22-25-30)42-33-14-5-7-16-35(33)43(36-17-8-6-15-34(36)42)29-23-26-32-31-13-9-10-18-37(31)44(2,3)38(32)27-29/h5-27H,4H2,1-3H3. The van der Waals surface area contributed by atoms with Crippen molar-refractivity contribution in [3.63, 3.8) is 0 Å². The van der Waals surface area contributed by atoms with Gasteiger partial charge in [0.05, 0.1) is 11.0 Å². The van der Waals surface area contributed by atoms with Gasteiger partial charge in [0.25, 0.3) is 0 Å². The van der Waals surface area contributed by atoms with E-state index in [2.05, 4.69) is 165 Å². The Balaban J connectivity index is 1.25. The maximum Gasteiger partial charge on any atom is 0.114 e. The quantitative estimate of drug-likeness (QED) is 0.186. The van der Waals surface area contributed by atoms with Crippen LogP contribution in [0.15, 0.2) is 140 Å². The fourth-order valence-electron chi connectivity index (χ4n) is 7.99. The summed E-state index contributed by atoms with van der Waals surface area (Å²) in [5.41, 5.74) is 13.9. The van der Waals surface area contributed by atoms with Crippen LogP contribution in [0.2, 0.25) is 0 Å². The van der Waals surface area contributed by atoms with Crippen LogP contribution in [0.5, 0.6) is 0 Å². The van der Waals surface area contributed by atoms with Gasteiger partial charge in [0, 0.05) is 17.5 Å². The summed E-state index contributed by atoms with van der Waals surface area (Å²) in [5.74, 6) is 1.08. The molecule has 8 aromatic rings. The Morgan fingerprint density at radius 3 is 1.76 bits per heavy atom. The minimum Gasteiger partial charge on any atom is -0.296 e. The van der Waals surface area contributed by atoms with Crippen LogP contribution in [0, 0.1) is 0 Å². The summed E-state index contributed by atoms with van der Waals surface area (Å²) in [4.78, 5) is 4.91. The normalized spacial score (nSPS) is 13.4. The van der Waals surface area contributed by atoms with Crippen LogP contribution in [0.1, 0.15) is 37.7 Å². The van der Waals surface area contributed by atoms with Gasteiger partial charge >= 0.3 is 0 Å². The Bertz CT molecular complexity index is 2420. The Morgan fingerprint density at radius 1 is 0.543 bits per heavy atom. The molecule has 0 spiro atoms. The number of aryl methyl sites for hydroxylation is 1. The van der Waals surface area contributed by atoms with E-state index in [1.807, 2.05) is 0 Å². The summed E-state index contributed by atoms with van der Waals surface area (Å²) in [5, 5.41) is 5.11. The summed E-state index contributed by atoms with van der Waals surface area (Å²) in [7, 11) is 0. The highest BCUT2D eigenvalue weighted by atomic mass is 15.1. The molecule has 0 aliphatic heterocycles. The molecular weight excluding hydrogens is 556 g/mol. The average Bonchev–Trinajstić information content (AvgIpc) is 3.59. The van der Waals surface area contributed by atoms with Gasteiger partial charge in [0.2, 0.25) is 0 Å². The van der Waals surface area contributed by atoms with E-state index < -0.39 is 0 Å². The number of benzene rings is 7. The van der Waals surface area contributed by atoms with Crippen molar-refractivity contribution in [2.24, 2.45) is 0 Å². The third-order valence-corrected chi connectivity index (χ3v) is 10.2. The number of hydrogen-bond acceptors (Lipinski definition) is 1. The van der Waals surface area contributed by atoms with Gasteiger partial charge in [-0.25, -0.2) is 4.98 Å². The van der Waals surface area contributed by atoms with Gasteiger partial charge in [-0.05, 0) is 96.4 Å². The first kappa shape index (κ1) is 26.9. The lowest BCUT2D eigenvalue weighted by Crippen LogP contribution is -2.14. The molecule has 0 bridgehead atoms. The number of fused-ring (bicyclic) bond motifs is 6. The van der Waals surface area contributed by atoms with Crippen LogP contribution in [0.4, 0.5) is 0 Å². The van der Waals surface area contributed by atoms with E-state index in [0.717, 1.165) is 29.0 Å². The van der Waals surface area contributed by atoms with Gasteiger partial charge in [-0.3, -0.25) is 4.57 Å². The van der Waals surface area contributed by atoms with E-state index in [1.165, 1.54) is 66.1 Å². The van der Waals surface area contributed by atoms with Gasteiger partial charge in [-0.1, -0.05) is 130 Å². The Kier molecular flexibility index (Phi) is 5.86. The highest BCUT2D eigenvalue weighted by Crippen LogP contribution is 2.51. The third kappa shape index (κ3) is 3.80. The van der Waals surface area contributed by atoms with Crippen molar-refractivity contribution >= 4 is 32.6 Å². The molecule has 2 nitrogen and oxygen atoms in total. The van der Waals surface area contributed by atoms with Crippen molar-refractivity contribution in [2.75, 3.05) is 0 Å². The van der Waals surface area contributed by atoms with E-state index in [1.54, 1.807) is 0 Å². The number of para-hydroxylation sites is 2. The average molecular weight is 591 g/mol. The minimum atomic E-state index is -0.0482. The first-order valence-electron chi connectivity index (χ1n) is 16.3. The van der Waals surface area contributed by atoms with E-state index in [4.69, 9.17) is 4.98 Å². The maximum atomic E-state index is 4.91. The van der Waals surface area contributed by atoms with Crippen LogP contribution in [0.3, 0.4) is 0 Å². The predicted octanol–water partition coefficient (Wildman–Crippen LogP) is 11.5. The zero-order valence-electron chi connectivity index (χ0n) is 26.4. The molecule has 0 saturated carbocycles. The Morgan fingerprint density at radius 2 is 1.09 bits per heavy atom. The van der Waals surface area contributed by atoms with Crippen LogP contribution < -0.4 is 0 Å². The van der Waals surface area contributed by atoms with E-state index in [-0.39, 0.29) is 5.41 Å². The number of aromatic nitrogens is 2. The molecule has 0 N–H and O–H groups in total. The largest absolute Gasteiger partial charge is 0.296 e. The summed E-state index contributed by atoms with van der Waals surface area (Å²) in [6.07, 6.45) is 0.874. The molecular formula is C44H34N2. The zero-order chi connectivity index (χ0) is 31.0. The molecule has 1 aliphatic carbocycles. The number of imidazole rings is 1. The van der Waals surface area contributed by atoms with E-state index in [9.17, 15) is 0 Å². The van der Waals surface area contributed by atoms with Gasteiger partial charge in [-0.15, -0.1) is 0 Å². The highest BCUT2D eigenvalue weighted by molar-refractivity contribution is 6.21. The summed E-state index contributed by atoms with van der Waals surface area (Å²) in [6.45, 7) is 6.90. The van der Waals surface area contributed by atoms with Gasteiger partial charge in [0.1, 0.15) is 5.82 Å². The molecule has 1 aromatic heterocycles. The molecule has 46 heavy (non-hydrogen) atoms. The number of nitrogens with zero attached hydrogens (tertiary/aromatic N) is 2. The molecule has 220 valence electrons. The minimum absolute atomic E-state index is 0.0482. The molecule has 0 amide bonds. The summed E-state index contributed by atoms with van der Waals surface area (Å²) in [6, 6.07) is 51.4. The van der Waals surface area contributed by atoms with Crippen molar-refractivity contribution in [1.82, 2.24) is 9.55 Å². The predicted molar refractivity (Wildman–Crippen MR) is 194 cm³/mol. The van der Waals surface area contributed by atoms with Crippen molar-refractivity contribution in [3.05, 3.63) is 156 Å². The van der Waals surface area contributed by atoms with Crippen LogP contribution >= 0.6 is 0 Å². The highest BCUT2D eigenvalue weighted by Gasteiger charge is 2.35. The van der Waals surface area contributed by atoms with Crippen molar-refractivity contribution in [2.45, 2.75) is 32.6 Å². The van der Waals surface area contributed by atoms with Gasteiger partial charge in [-0.2, -0.15) is 0 Å². The SMILES string of the molecule is CCc1nc2ccccc2n1-c1ccc(-c2c3ccccc3c(-c3ccc4c(c3)C(C)(C)c3ccccc3-4)c3ccccc23)cc1. The lowest BCUT2D eigenvalue weighted by molar-refractivity contribution is 0.660. The van der Waals surface area contributed by atoms with Crippen molar-refractivity contribution in [3.8, 4) is 39.1 Å². The number of hydrogen-bond donors (Lipinski definition) is 0. The second-order valence-electron chi connectivity index (χ2n) is 13.0. The molecule has 7 aromatic carbocycles. The van der Waals surface area contributed by atoms with E-state index >= 15 is 0 Å². The third-order valence-electron chi connectivity index (χ3n) is 10.2. The lowest BCUT2D eigenvalue weighted by atomic mass is 9.80. The topological polar surface area (TPSA) is 17.8 Å². The zero-order valence-corrected chi connectivity index (χ0v) is 26.4. The fraction of sp³-hybridized carbons (Fsp3) is 0.114. The van der Waals surface area contributed by atoms with Crippen LogP contribution in [-0.2, 0) is 11.8 Å². The molecule has 9 rings (SSSR count). The summed E-state index contributed by atoms with van der Waals surface area (Å²) >= 11 is 0. The molecule has 2 heteroatoms. The number of rotatable bonds is 4. The second-order valence-corrected chi connectivity index (χ2v) is 13.0. The molecule has 0 unspecified atom stereocenters. The van der Waals surface area contributed by atoms with Gasteiger partial charge < -0.3 is 0 Å². The molecule has 0 atom stereocenters. The second kappa shape index (κ2) is 10.0. The fourth-order valence-corrected chi connectivity index (χ4v) is 7.99. The van der Waals surface area contributed by atoms with E-state index in [0.29, 0.717) is 0 Å². The first-order chi connectivity index (χ1) is 22.5. The maximum absolute atomic E-state index is 4.91. The molecule has 0 radical (unpaired) electrons. The van der Waals surface area contributed by atoms with Crippen molar-refractivity contribution in [1.29, 1.82) is 0 Å². The Labute approximate surface area is 269 Å². The van der Waals surface area contributed by atoms with Gasteiger partial charge in [0.15, 0.2) is 0 Å². The molecule has 1 aliphatic rings. The molecule has 1 heterocycles. The monoisotopic (exact) mass is 590 g/mol. The lowest BCUT2D eigenvalue weighted by Gasteiger charge is -2.23. The first-order valence-corrected chi connectivity index (χ1v) is 16.3. The molecule has 0 fully saturated rings. The Hall–Kier alpha value is -5.47. The van der Waals surface area contributed by atoms with Crippen LogP contribution in [-0.4, -0.2) is 9.55 Å². The van der Waals surface area contributed by atoms with Crippen LogP contribution in [0.25, 0.3) is 71.6 Å². The smallest absolute Gasteiger partial charge is 0.114 e. The van der Waals surface area contributed by atoms with Crippen molar-refractivity contribution < 1.29 is 0 Å². The summed E-state index contributed by atoms with van der Waals surface area (Å²) < 4.78 is 2.30. The molecule has 0 saturated heterocycles.